The van der Waals surface area contributed by atoms with Crippen LogP contribution in [0.4, 0.5) is 0 Å². The Morgan fingerprint density at radius 3 is 2.96 bits per heavy atom. The minimum absolute atomic E-state index is 0.192. The largest absolute Gasteiger partial charge is 0.478 e. The van der Waals surface area contributed by atoms with Crippen LogP contribution in [-0.2, 0) is 22.3 Å². The normalized spacial score (nSPS) is 26.7. The van der Waals surface area contributed by atoms with Gasteiger partial charge >= 0.3 is 5.97 Å². The van der Waals surface area contributed by atoms with E-state index in [9.17, 15) is 9.90 Å². The van der Waals surface area contributed by atoms with E-state index in [-0.39, 0.29) is 17.3 Å². The Balaban J connectivity index is 2.02. The number of ether oxygens (including phenoxy) is 2. The lowest BCUT2D eigenvalue weighted by Gasteiger charge is -2.31. The molecule has 1 aliphatic heterocycles. The van der Waals surface area contributed by atoms with E-state index in [1.54, 1.807) is 18.4 Å². The lowest BCUT2D eigenvalue weighted by molar-refractivity contribution is 0.00548. The van der Waals surface area contributed by atoms with Crippen LogP contribution in [0.25, 0.3) is 0 Å². The molecule has 0 bridgehead atoms. The number of carboxylic acid groups (broad SMARTS) is 1. The first-order valence-corrected chi connectivity index (χ1v) is 9.19. The zero-order valence-electron chi connectivity index (χ0n) is 14.2. The summed E-state index contributed by atoms with van der Waals surface area (Å²) < 4.78 is 10.9. The Hall–Kier alpha value is -0.910. The number of carboxylic acids is 1. The number of thiophene rings is 1. The van der Waals surface area contributed by atoms with Crippen molar-refractivity contribution in [3.8, 4) is 0 Å². The minimum atomic E-state index is -0.766. The summed E-state index contributed by atoms with van der Waals surface area (Å²) >= 11 is 1.74. The number of hydrogen-bond acceptors (Lipinski definition) is 4. The second kappa shape index (κ2) is 6.54. The van der Waals surface area contributed by atoms with Crippen LogP contribution in [-0.4, -0.2) is 38.0 Å². The minimum Gasteiger partial charge on any atom is -0.478 e. The maximum atomic E-state index is 12.0. The van der Waals surface area contributed by atoms with E-state index in [2.05, 4.69) is 13.8 Å². The highest BCUT2D eigenvalue weighted by molar-refractivity contribution is 7.12. The highest BCUT2D eigenvalue weighted by Crippen LogP contribution is 2.46. The molecule has 1 aromatic heterocycles. The summed E-state index contributed by atoms with van der Waals surface area (Å²) in [6.07, 6.45) is 3.90. The van der Waals surface area contributed by atoms with Gasteiger partial charge in [-0.15, -0.1) is 11.3 Å². The van der Waals surface area contributed by atoms with Crippen LogP contribution in [0.5, 0.6) is 0 Å². The van der Waals surface area contributed by atoms with Gasteiger partial charge in [0.25, 0.3) is 0 Å². The summed E-state index contributed by atoms with van der Waals surface area (Å²) in [5, 5.41) is 9.87. The van der Waals surface area contributed by atoms with Crippen LogP contribution in [0.2, 0.25) is 0 Å². The molecule has 23 heavy (non-hydrogen) atoms. The van der Waals surface area contributed by atoms with E-state index in [4.69, 9.17) is 9.47 Å². The van der Waals surface area contributed by atoms with Crippen molar-refractivity contribution in [3.63, 3.8) is 0 Å². The van der Waals surface area contributed by atoms with Crippen molar-refractivity contribution in [1.82, 2.24) is 0 Å². The SMILES string of the molecule is COC[C@@H]1COCC[C@@H]1c1sc2c(c1C(=O)O)CC(C)(C)CC2. The molecule has 0 unspecified atom stereocenters. The molecule has 0 radical (unpaired) electrons. The molecule has 4 nitrogen and oxygen atoms in total. The number of rotatable bonds is 4. The third-order valence-electron chi connectivity index (χ3n) is 5.21. The topological polar surface area (TPSA) is 55.8 Å². The van der Waals surface area contributed by atoms with Crippen molar-refractivity contribution in [2.75, 3.05) is 26.9 Å². The fraction of sp³-hybridized carbons (Fsp3) is 0.722. The molecule has 1 N–H and O–H groups in total. The summed E-state index contributed by atoms with van der Waals surface area (Å²) in [6, 6.07) is 0. The molecular formula is C18H26O4S. The molecule has 0 amide bonds. The van der Waals surface area contributed by atoms with Crippen molar-refractivity contribution < 1.29 is 19.4 Å². The molecule has 1 aliphatic carbocycles. The average Bonchev–Trinajstić information content (AvgIpc) is 2.85. The predicted molar refractivity (Wildman–Crippen MR) is 90.6 cm³/mol. The molecule has 0 aromatic carbocycles. The summed E-state index contributed by atoms with van der Waals surface area (Å²) in [5.41, 5.74) is 1.87. The molecule has 1 aromatic rings. The molecular weight excluding hydrogens is 312 g/mol. The van der Waals surface area contributed by atoms with Crippen molar-refractivity contribution in [1.29, 1.82) is 0 Å². The van der Waals surface area contributed by atoms with Gasteiger partial charge in [0.05, 0.1) is 18.8 Å². The van der Waals surface area contributed by atoms with E-state index < -0.39 is 5.97 Å². The van der Waals surface area contributed by atoms with Gasteiger partial charge in [-0.05, 0) is 36.7 Å². The van der Waals surface area contributed by atoms with E-state index in [0.29, 0.717) is 25.4 Å². The van der Waals surface area contributed by atoms with Crippen molar-refractivity contribution in [2.24, 2.45) is 11.3 Å². The van der Waals surface area contributed by atoms with Gasteiger partial charge < -0.3 is 14.6 Å². The number of hydrogen-bond donors (Lipinski definition) is 1. The summed E-state index contributed by atoms with van der Waals surface area (Å²) in [7, 11) is 1.70. The van der Waals surface area contributed by atoms with Crippen LogP contribution in [0.3, 0.4) is 0 Å². The van der Waals surface area contributed by atoms with Crippen LogP contribution in [0.15, 0.2) is 0 Å². The molecule has 128 valence electrons. The summed E-state index contributed by atoms with van der Waals surface area (Å²) in [4.78, 5) is 14.4. The molecule has 2 heterocycles. The van der Waals surface area contributed by atoms with E-state index in [0.717, 1.165) is 36.1 Å². The molecule has 0 saturated carbocycles. The second-order valence-electron chi connectivity index (χ2n) is 7.57. The number of aryl methyl sites for hydroxylation is 1. The van der Waals surface area contributed by atoms with Gasteiger partial charge in [-0.25, -0.2) is 4.79 Å². The maximum Gasteiger partial charge on any atom is 0.337 e. The molecule has 3 rings (SSSR count). The summed E-state index contributed by atoms with van der Waals surface area (Å²) in [6.45, 7) is 6.46. The zero-order chi connectivity index (χ0) is 16.6. The Labute approximate surface area is 141 Å². The Kier molecular flexibility index (Phi) is 4.81. The number of carbonyl (C=O) groups is 1. The van der Waals surface area contributed by atoms with Gasteiger partial charge in [0, 0.05) is 35.3 Å². The van der Waals surface area contributed by atoms with E-state index >= 15 is 0 Å². The maximum absolute atomic E-state index is 12.0. The highest BCUT2D eigenvalue weighted by Gasteiger charge is 2.37. The lowest BCUT2D eigenvalue weighted by Crippen LogP contribution is -2.30. The van der Waals surface area contributed by atoms with Gasteiger partial charge in [0.1, 0.15) is 0 Å². The molecule has 2 atom stereocenters. The Morgan fingerprint density at radius 2 is 2.26 bits per heavy atom. The van der Waals surface area contributed by atoms with Crippen molar-refractivity contribution in [2.45, 2.75) is 45.4 Å². The zero-order valence-corrected chi connectivity index (χ0v) is 15.0. The molecule has 5 heteroatoms. The first-order valence-electron chi connectivity index (χ1n) is 8.37. The third-order valence-corrected chi connectivity index (χ3v) is 6.63. The molecule has 2 aliphatic rings. The number of aromatic carboxylic acids is 1. The molecule has 0 spiro atoms. The summed E-state index contributed by atoms with van der Waals surface area (Å²) in [5.74, 6) is -0.272. The van der Waals surface area contributed by atoms with Crippen LogP contribution < -0.4 is 0 Å². The van der Waals surface area contributed by atoms with E-state index in [1.165, 1.54) is 4.88 Å². The Morgan fingerprint density at radius 1 is 1.48 bits per heavy atom. The predicted octanol–water partition coefficient (Wildman–Crippen LogP) is 3.73. The fourth-order valence-corrected chi connectivity index (χ4v) is 5.50. The number of fused-ring (bicyclic) bond motifs is 1. The number of methoxy groups -OCH3 is 1. The van der Waals surface area contributed by atoms with Gasteiger partial charge in [-0.2, -0.15) is 0 Å². The average molecular weight is 338 g/mol. The first kappa shape index (κ1) is 16.9. The second-order valence-corrected chi connectivity index (χ2v) is 8.71. The van der Waals surface area contributed by atoms with Crippen molar-refractivity contribution in [3.05, 3.63) is 20.9 Å². The first-order chi connectivity index (χ1) is 10.9. The highest BCUT2D eigenvalue weighted by atomic mass is 32.1. The standard InChI is InChI=1S/C18H26O4S/c1-18(2)6-4-14-13(8-18)15(17(19)20)16(23-14)12-5-7-22-10-11(12)9-21-3/h11-12H,4-10H2,1-3H3,(H,19,20)/t11-,12+/m1/s1. The van der Waals surface area contributed by atoms with Gasteiger partial charge in [0.15, 0.2) is 0 Å². The van der Waals surface area contributed by atoms with Crippen LogP contribution >= 0.6 is 11.3 Å². The quantitative estimate of drug-likeness (QED) is 0.909. The van der Waals surface area contributed by atoms with Gasteiger partial charge in [-0.1, -0.05) is 13.8 Å². The van der Waals surface area contributed by atoms with Gasteiger partial charge in [-0.3, -0.25) is 0 Å². The van der Waals surface area contributed by atoms with Gasteiger partial charge in [0.2, 0.25) is 0 Å². The fourth-order valence-electron chi connectivity index (χ4n) is 3.96. The van der Waals surface area contributed by atoms with E-state index in [1.807, 2.05) is 0 Å². The van der Waals surface area contributed by atoms with Crippen LogP contribution in [0, 0.1) is 11.3 Å². The molecule has 1 fully saturated rings. The van der Waals surface area contributed by atoms with Crippen molar-refractivity contribution >= 4 is 17.3 Å². The monoisotopic (exact) mass is 338 g/mol. The smallest absolute Gasteiger partial charge is 0.337 e. The lowest BCUT2D eigenvalue weighted by atomic mass is 9.75. The van der Waals surface area contributed by atoms with Crippen LogP contribution in [0.1, 0.15) is 58.3 Å². The third kappa shape index (κ3) is 3.32. The molecule has 1 saturated heterocycles. The Bertz CT molecular complexity index is 588.